The molecule has 19 heavy (non-hydrogen) atoms. The minimum Gasteiger partial charge on any atom is -0.388 e. The molecule has 0 spiro atoms. The first-order valence-corrected chi connectivity index (χ1v) is 7.02. The summed E-state index contributed by atoms with van der Waals surface area (Å²) in [5, 5.41) is 4.37. The monoisotopic (exact) mass is 270 g/mol. The number of fused-ring (bicyclic) bond motifs is 2. The number of anilines is 1. The Morgan fingerprint density at radius 1 is 1.11 bits per heavy atom. The summed E-state index contributed by atoms with van der Waals surface area (Å²) in [7, 11) is 6.04. The van der Waals surface area contributed by atoms with E-state index in [2.05, 4.69) is 60.4 Å². The summed E-state index contributed by atoms with van der Waals surface area (Å²) in [6, 6.07) is 12.7. The third-order valence-electron chi connectivity index (χ3n) is 3.17. The van der Waals surface area contributed by atoms with Crippen molar-refractivity contribution in [3.8, 4) is 10.6 Å². The Balaban J connectivity index is 2.34. The van der Waals surface area contributed by atoms with E-state index in [-0.39, 0.29) is 0 Å². The lowest BCUT2D eigenvalue weighted by molar-refractivity contribution is 0.814. The molecule has 96 valence electrons. The van der Waals surface area contributed by atoms with Crippen LogP contribution in [0.3, 0.4) is 0 Å². The van der Waals surface area contributed by atoms with Crippen LogP contribution in [0.5, 0.6) is 0 Å². The van der Waals surface area contributed by atoms with E-state index in [0.29, 0.717) is 0 Å². The molecular weight excluding hydrogens is 254 g/mol. The van der Waals surface area contributed by atoms with Gasteiger partial charge in [0.05, 0.1) is 20.8 Å². The highest BCUT2D eigenvalue weighted by atomic mass is 32.1. The first kappa shape index (κ1) is 12.1. The van der Waals surface area contributed by atoms with Crippen LogP contribution in [0.1, 0.15) is 0 Å². The van der Waals surface area contributed by atoms with Crippen LogP contribution in [0.2, 0.25) is 0 Å². The third-order valence-corrected chi connectivity index (χ3v) is 4.26. The highest BCUT2D eigenvalue weighted by Gasteiger charge is 2.08. The number of rotatable bonds is 1. The second-order valence-electron chi connectivity index (χ2n) is 4.69. The predicted molar refractivity (Wildman–Crippen MR) is 82.9 cm³/mol. The van der Waals surface area contributed by atoms with Crippen molar-refractivity contribution in [1.82, 2.24) is 9.56 Å². The van der Waals surface area contributed by atoms with Crippen LogP contribution in [0.4, 0.5) is 5.69 Å². The normalized spacial score (nSPS) is 10.9. The summed E-state index contributed by atoms with van der Waals surface area (Å²) in [6.07, 6.45) is 0. The van der Waals surface area contributed by atoms with Crippen LogP contribution in [0.25, 0.3) is 20.8 Å². The maximum Gasteiger partial charge on any atom is 0.201 e. The van der Waals surface area contributed by atoms with E-state index < -0.39 is 0 Å². The lowest BCUT2D eigenvalue weighted by Gasteiger charge is -2.07. The minimum atomic E-state index is 1.05. The zero-order chi connectivity index (χ0) is 13.4. The lowest BCUT2D eigenvalue weighted by atomic mass is 10.2. The molecule has 0 bridgehead atoms. The Labute approximate surface area is 116 Å². The van der Waals surface area contributed by atoms with Crippen LogP contribution in [0.15, 0.2) is 36.4 Å². The molecule has 1 aliphatic heterocycles. The van der Waals surface area contributed by atoms with Crippen molar-refractivity contribution >= 4 is 27.2 Å². The van der Waals surface area contributed by atoms with Crippen molar-refractivity contribution < 1.29 is 0 Å². The Hall–Kier alpha value is -1.94. The van der Waals surface area contributed by atoms with Gasteiger partial charge >= 0.3 is 0 Å². The summed E-state index contributed by atoms with van der Waals surface area (Å²) in [5.74, 6) is 0. The summed E-state index contributed by atoms with van der Waals surface area (Å²) in [4.78, 5) is 5.93. The first-order chi connectivity index (χ1) is 9.17. The molecule has 0 saturated carbocycles. The van der Waals surface area contributed by atoms with Crippen molar-refractivity contribution in [2.24, 2.45) is 0 Å². The number of hydrogen-bond donors (Lipinski definition) is 1. The van der Waals surface area contributed by atoms with E-state index in [1.165, 1.54) is 14.9 Å². The Morgan fingerprint density at radius 3 is 2.68 bits per heavy atom. The molecule has 1 aliphatic carbocycles. The van der Waals surface area contributed by atoms with Gasteiger partial charge < -0.3 is 5.32 Å². The minimum absolute atomic E-state index is 1.05. The van der Waals surface area contributed by atoms with E-state index in [1.807, 2.05) is 7.05 Å². The van der Waals surface area contributed by atoms with Crippen LogP contribution in [-0.4, -0.2) is 26.1 Å². The number of hydrogen-bond acceptors (Lipinski definition) is 3. The van der Waals surface area contributed by atoms with Crippen molar-refractivity contribution in [3.05, 3.63) is 41.8 Å². The number of benzene rings is 2. The van der Waals surface area contributed by atoms with Gasteiger partial charge in [-0.2, -0.15) is 0 Å². The topological polar surface area (TPSA) is 27.9 Å². The molecule has 0 amide bonds. The van der Waals surface area contributed by atoms with Crippen LogP contribution in [-0.2, 0) is 0 Å². The molecule has 3 nitrogen and oxygen atoms in total. The zero-order valence-electron chi connectivity index (χ0n) is 11.3. The second-order valence-corrected chi connectivity index (χ2v) is 5.78. The van der Waals surface area contributed by atoms with Crippen LogP contribution < -0.4 is 15.2 Å². The van der Waals surface area contributed by atoms with Gasteiger partial charge in [-0.1, -0.05) is 0 Å². The lowest BCUT2D eigenvalue weighted by Crippen LogP contribution is -2.21. The van der Waals surface area contributed by atoms with E-state index in [1.54, 1.807) is 11.3 Å². The van der Waals surface area contributed by atoms with Gasteiger partial charge in [-0.25, -0.2) is 9.56 Å². The van der Waals surface area contributed by atoms with E-state index in [0.717, 1.165) is 16.9 Å². The fraction of sp³-hybridized carbons (Fsp3) is 0.200. The Morgan fingerprint density at radius 2 is 1.95 bits per heavy atom. The summed E-state index contributed by atoms with van der Waals surface area (Å²) in [6.45, 7) is 0. The molecule has 4 heteroatoms. The molecule has 3 rings (SSSR count). The molecule has 0 unspecified atom stereocenters. The van der Waals surface area contributed by atoms with E-state index >= 15 is 0 Å². The molecule has 0 saturated heterocycles. The van der Waals surface area contributed by atoms with Crippen molar-refractivity contribution in [2.45, 2.75) is 0 Å². The average molecular weight is 270 g/mol. The molecule has 0 fully saturated rings. The van der Waals surface area contributed by atoms with Gasteiger partial charge in [0.2, 0.25) is 5.36 Å². The largest absolute Gasteiger partial charge is 0.388 e. The fourth-order valence-electron chi connectivity index (χ4n) is 2.05. The van der Waals surface area contributed by atoms with Crippen molar-refractivity contribution in [1.29, 1.82) is 0 Å². The van der Waals surface area contributed by atoms with Gasteiger partial charge in [-0.3, -0.25) is 0 Å². The Kier molecular flexibility index (Phi) is 2.95. The number of aromatic nitrogens is 1. The number of nitrogens with zero attached hydrogens (tertiary/aromatic N) is 2. The fourth-order valence-corrected chi connectivity index (χ4v) is 3.09. The van der Waals surface area contributed by atoms with Gasteiger partial charge in [-0.15, -0.1) is 11.3 Å². The summed E-state index contributed by atoms with van der Waals surface area (Å²) >= 11 is 1.78. The maximum absolute atomic E-state index is 4.72. The van der Waals surface area contributed by atoms with Gasteiger partial charge in [0.15, 0.2) is 0 Å². The highest BCUT2D eigenvalue weighted by molar-refractivity contribution is 7.21. The molecule has 1 aromatic carbocycles. The van der Waals surface area contributed by atoms with Gasteiger partial charge in [0.1, 0.15) is 14.1 Å². The first-order valence-electron chi connectivity index (χ1n) is 6.20. The smallest absolute Gasteiger partial charge is 0.201 e. The molecule has 0 aromatic heterocycles. The Bertz CT molecular complexity index is 785. The number of nitrogens with one attached hydrogen (secondary N) is 1. The second kappa shape index (κ2) is 4.63. The summed E-state index contributed by atoms with van der Waals surface area (Å²) in [5.41, 5.74) is 3.23. The van der Waals surface area contributed by atoms with E-state index in [4.69, 9.17) is 4.98 Å². The molecule has 0 atom stereocenters. The standard InChI is InChI=1S/C15H15N3S/c1-16-10-4-6-12-14(8-10)19-15-9-11(18(2)3)5-7-13(15)17-12/h4-9H,1-3H3/p+1. The molecule has 1 heterocycles. The molecule has 2 aliphatic rings. The third kappa shape index (κ3) is 2.19. The molecule has 1 N–H and O–H groups in total. The van der Waals surface area contributed by atoms with Gasteiger partial charge in [-0.05, 0) is 24.3 Å². The van der Waals surface area contributed by atoms with Gasteiger partial charge in [0, 0.05) is 24.9 Å². The highest BCUT2D eigenvalue weighted by Crippen LogP contribution is 2.30. The SMILES string of the molecule is CNc1ccc2nc3ccc(=[N+](C)C)cc-3sc2c1. The van der Waals surface area contributed by atoms with Crippen molar-refractivity contribution in [2.75, 3.05) is 26.5 Å². The van der Waals surface area contributed by atoms with Crippen LogP contribution >= 0.6 is 11.3 Å². The molecule has 0 radical (unpaired) electrons. The van der Waals surface area contributed by atoms with Crippen molar-refractivity contribution in [3.63, 3.8) is 0 Å². The zero-order valence-corrected chi connectivity index (χ0v) is 12.1. The predicted octanol–water partition coefficient (Wildman–Crippen LogP) is 2.47. The maximum atomic E-state index is 4.72. The van der Waals surface area contributed by atoms with Gasteiger partial charge in [0.25, 0.3) is 0 Å². The quantitative estimate of drug-likeness (QED) is 0.543. The molecule has 1 aromatic rings. The van der Waals surface area contributed by atoms with Crippen LogP contribution in [0, 0.1) is 0 Å². The summed E-state index contributed by atoms with van der Waals surface area (Å²) < 4.78 is 3.32. The van der Waals surface area contributed by atoms with E-state index in [9.17, 15) is 0 Å². The molecular formula is C15H16N3S+. The average Bonchev–Trinajstić information content (AvgIpc) is 2.43.